The molecule has 0 saturated heterocycles. The van der Waals surface area contributed by atoms with Gasteiger partial charge in [0, 0.05) is 11.3 Å². The third-order valence-electron chi connectivity index (χ3n) is 4.87. The first kappa shape index (κ1) is 22.1. The molecule has 9 nitrogen and oxygen atoms in total. The molecule has 0 aliphatic heterocycles. The zero-order valence-electron chi connectivity index (χ0n) is 17.7. The Kier molecular flexibility index (Phi) is 5.88. The predicted molar refractivity (Wildman–Crippen MR) is 120 cm³/mol. The maximum Gasteiger partial charge on any atom is 0.261 e. The summed E-state index contributed by atoms with van der Waals surface area (Å²) in [5, 5.41) is 13.6. The number of aryl methyl sites for hydroxylation is 2. The van der Waals surface area contributed by atoms with Crippen molar-refractivity contribution in [3.05, 3.63) is 89.5 Å². The van der Waals surface area contributed by atoms with Crippen molar-refractivity contribution in [3.8, 4) is 5.69 Å². The third kappa shape index (κ3) is 4.72. The molecule has 168 valence electrons. The molecule has 1 amide bonds. The summed E-state index contributed by atoms with van der Waals surface area (Å²) in [5.41, 5.74) is 1.90. The molecule has 0 atom stereocenters. The van der Waals surface area contributed by atoms with E-state index in [1.165, 1.54) is 47.1 Å². The number of rotatable bonds is 6. The zero-order valence-corrected chi connectivity index (χ0v) is 18.5. The van der Waals surface area contributed by atoms with Gasteiger partial charge in [0.2, 0.25) is 0 Å². The van der Waals surface area contributed by atoms with Crippen LogP contribution in [0.3, 0.4) is 0 Å². The molecule has 0 bridgehead atoms. The molecule has 0 fully saturated rings. The van der Waals surface area contributed by atoms with Gasteiger partial charge in [-0.25, -0.2) is 12.8 Å². The average molecular weight is 466 g/mol. The van der Waals surface area contributed by atoms with Gasteiger partial charge in [-0.2, -0.15) is 4.68 Å². The number of hydrogen-bond acceptors (Lipinski definition) is 6. The van der Waals surface area contributed by atoms with E-state index < -0.39 is 21.7 Å². The Morgan fingerprint density at radius 2 is 1.73 bits per heavy atom. The highest BCUT2D eigenvalue weighted by atomic mass is 32.2. The number of hydrogen-bond donors (Lipinski definition) is 2. The lowest BCUT2D eigenvalue weighted by molar-refractivity contribution is 0.102. The Morgan fingerprint density at radius 3 is 2.39 bits per heavy atom. The molecule has 0 aliphatic carbocycles. The van der Waals surface area contributed by atoms with Gasteiger partial charge in [-0.3, -0.25) is 9.52 Å². The minimum Gasteiger partial charge on any atom is -0.322 e. The molecular formula is C22H19FN6O3S. The number of carbonyl (C=O) groups excluding carboxylic acids is 1. The zero-order chi connectivity index (χ0) is 23.6. The number of sulfonamides is 1. The highest BCUT2D eigenvalue weighted by Gasteiger charge is 2.17. The van der Waals surface area contributed by atoms with Gasteiger partial charge in [-0.15, -0.1) is 5.10 Å². The van der Waals surface area contributed by atoms with Crippen molar-refractivity contribution in [2.75, 3.05) is 10.0 Å². The van der Waals surface area contributed by atoms with Crippen molar-refractivity contribution < 1.29 is 17.6 Å². The predicted octanol–water partition coefficient (Wildman–Crippen LogP) is 3.47. The van der Waals surface area contributed by atoms with Gasteiger partial charge in [0.25, 0.3) is 15.9 Å². The van der Waals surface area contributed by atoms with Crippen LogP contribution in [0.25, 0.3) is 5.69 Å². The van der Waals surface area contributed by atoms with Crippen LogP contribution in [0.1, 0.15) is 21.7 Å². The van der Waals surface area contributed by atoms with E-state index in [0.717, 1.165) is 5.56 Å². The summed E-state index contributed by atoms with van der Waals surface area (Å²) in [6, 6.07) is 16.5. The number of aromatic nitrogens is 4. The molecule has 1 heterocycles. The molecule has 0 saturated carbocycles. The van der Waals surface area contributed by atoms with E-state index in [2.05, 4.69) is 25.6 Å². The Hall–Kier alpha value is -4.12. The van der Waals surface area contributed by atoms with E-state index in [1.807, 2.05) is 6.07 Å². The Labute approximate surface area is 189 Å². The van der Waals surface area contributed by atoms with Gasteiger partial charge in [0.1, 0.15) is 11.5 Å². The second kappa shape index (κ2) is 8.79. The molecule has 3 aromatic carbocycles. The molecule has 11 heteroatoms. The van der Waals surface area contributed by atoms with Crippen LogP contribution in [-0.2, 0) is 10.0 Å². The summed E-state index contributed by atoms with van der Waals surface area (Å²) in [6.07, 6.45) is 0. The smallest absolute Gasteiger partial charge is 0.261 e. The van der Waals surface area contributed by atoms with E-state index in [0.29, 0.717) is 17.2 Å². The quantitative estimate of drug-likeness (QED) is 0.449. The van der Waals surface area contributed by atoms with E-state index in [9.17, 15) is 17.6 Å². The second-order valence-corrected chi connectivity index (χ2v) is 8.89. The maximum absolute atomic E-state index is 14.2. The largest absolute Gasteiger partial charge is 0.322 e. The van der Waals surface area contributed by atoms with Crippen LogP contribution in [0.4, 0.5) is 15.8 Å². The highest BCUT2D eigenvalue weighted by molar-refractivity contribution is 7.92. The summed E-state index contributed by atoms with van der Waals surface area (Å²) < 4.78 is 43.3. The van der Waals surface area contributed by atoms with Gasteiger partial charge in [0.15, 0.2) is 5.82 Å². The van der Waals surface area contributed by atoms with Crippen LogP contribution in [-0.4, -0.2) is 34.5 Å². The van der Waals surface area contributed by atoms with Crippen molar-refractivity contribution in [1.82, 2.24) is 20.2 Å². The van der Waals surface area contributed by atoms with E-state index in [1.54, 1.807) is 32.0 Å². The number of halogens is 1. The van der Waals surface area contributed by atoms with Crippen LogP contribution in [0.15, 0.2) is 71.6 Å². The number of carbonyl (C=O) groups is 1. The lowest BCUT2D eigenvalue weighted by Gasteiger charge is -2.11. The summed E-state index contributed by atoms with van der Waals surface area (Å²) in [4.78, 5) is 12.7. The fourth-order valence-electron chi connectivity index (χ4n) is 3.09. The molecule has 2 N–H and O–H groups in total. The minimum atomic E-state index is -3.82. The lowest BCUT2D eigenvalue weighted by atomic mass is 10.2. The molecule has 0 radical (unpaired) electrons. The highest BCUT2D eigenvalue weighted by Crippen LogP contribution is 2.21. The Morgan fingerprint density at radius 1 is 1.00 bits per heavy atom. The van der Waals surface area contributed by atoms with Crippen molar-refractivity contribution >= 4 is 27.3 Å². The van der Waals surface area contributed by atoms with Crippen LogP contribution in [0.5, 0.6) is 0 Å². The number of tetrazole rings is 1. The topological polar surface area (TPSA) is 119 Å². The SMILES string of the molecule is Cc1ccccc1NS(=O)(=O)c1ccc(C(=O)Nc2ccc(F)c(-n3nnnc3C)c2)cc1. The van der Waals surface area contributed by atoms with E-state index >= 15 is 0 Å². The molecular weight excluding hydrogens is 447 g/mol. The van der Waals surface area contributed by atoms with Crippen molar-refractivity contribution in [1.29, 1.82) is 0 Å². The minimum absolute atomic E-state index is 0.0144. The van der Waals surface area contributed by atoms with Gasteiger partial charge >= 0.3 is 0 Å². The normalized spacial score (nSPS) is 11.2. The number of nitrogens with zero attached hydrogens (tertiary/aromatic N) is 4. The van der Waals surface area contributed by atoms with Crippen LogP contribution in [0.2, 0.25) is 0 Å². The molecule has 4 aromatic rings. The van der Waals surface area contributed by atoms with Gasteiger partial charge in [-0.05, 0) is 78.4 Å². The van der Waals surface area contributed by atoms with Gasteiger partial charge in [0.05, 0.1) is 10.6 Å². The Balaban J connectivity index is 1.51. The number of amides is 1. The van der Waals surface area contributed by atoms with E-state index in [4.69, 9.17) is 0 Å². The van der Waals surface area contributed by atoms with Gasteiger partial charge < -0.3 is 5.32 Å². The molecule has 0 aliphatic rings. The van der Waals surface area contributed by atoms with Crippen molar-refractivity contribution in [2.45, 2.75) is 18.7 Å². The first-order chi connectivity index (χ1) is 15.7. The lowest BCUT2D eigenvalue weighted by Crippen LogP contribution is -2.15. The number of para-hydroxylation sites is 1. The molecule has 1 aromatic heterocycles. The standard InChI is InChI=1S/C22H19FN6O3S/c1-14-5-3-4-6-20(14)26-33(31,32)18-10-7-16(8-11-18)22(30)24-17-9-12-19(23)21(13-17)29-15(2)25-27-28-29/h3-13,26H,1-2H3,(H,24,30). The molecule has 4 rings (SSSR count). The van der Waals surface area contributed by atoms with Crippen molar-refractivity contribution in [3.63, 3.8) is 0 Å². The summed E-state index contributed by atoms with van der Waals surface area (Å²) in [6.45, 7) is 3.42. The number of nitrogens with one attached hydrogen (secondary N) is 2. The molecule has 33 heavy (non-hydrogen) atoms. The Bertz CT molecular complexity index is 1430. The summed E-state index contributed by atoms with van der Waals surface area (Å²) >= 11 is 0. The second-order valence-electron chi connectivity index (χ2n) is 7.20. The fraction of sp³-hybridized carbons (Fsp3) is 0.0909. The first-order valence-electron chi connectivity index (χ1n) is 9.79. The maximum atomic E-state index is 14.2. The summed E-state index contributed by atoms with van der Waals surface area (Å²) in [7, 11) is -3.82. The fourth-order valence-corrected chi connectivity index (χ4v) is 4.22. The van der Waals surface area contributed by atoms with Crippen LogP contribution >= 0.6 is 0 Å². The van der Waals surface area contributed by atoms with Crippen molar-refractivity contribution in [2.24, 2.45) is 0 Å². The molecule has 0 unspecified atom stereocenters. The first-order valence-corrected chi connectivity index (χ1v) is 11.3. The monoisotopic (exact) mass is 466 g/mol. The summed E-state index contributed by atoms with van der Waals surface area (Å²) in [5.74, 6) is -0.663. The number of anilines is 2. The van der Waals surface area contributed by atoms with Gasteiger partial charge in [-0.1, -0.05) is 18.2 Å². The average Bonchev–Trinajstić information content (AvgIpc) is 3.22. The number of benzene rings is 3. The molecule has 0 spiro atoms. The third-order valence-corrected chi connectivity index (χ3v) is 6.26. The van der Waals surface area contributed by atoms with Crippen LogP contribution < -0.4 is 10.0 Å². The van der Waals surface area contributed by atoms with E-state index in [-0.39, 0.29) is 16.1 Å². The van der Waals surface area contributed by atoms with Crippen LogP contribution in [0, 0.1) is 19.7 Å².